The summed E-state index contributed by atoms with van der Waals surface area (Å²) < 4.78 is 11.3. The molecule has 0 saturated carbocycles. The first-order valence-corrected chi connectivity index (χ1v) is 9.72. The Morgan fingerprint density at radius 2 is 1.69 bits per heavy atom. The van der Waals surface area contributed by atoms with Crippen molar-refractivity contribution in [1.82, 2.24) is 4.98 Å². The van der Waals surface area contributed by atoms with Crippen molar-refractivity contribution in [3.63, 3.8) is 0 Å². The molecule has 0 spiro atoms. The zero-order valence-corrected chi connectivity index (χ0v) is 16.5. The van der Waals surface area contributed by atoms with Crippen molar-refractivity contribution in [3.8, 4) is 34.0 Å². The largest absolute Gasteiger partial charge is 0.497 e. The summed E-state index contributed by atoms with van der Waals surface area (Å²) in [5.41, 5.74) is 3.88. The van der Waals surface area contributed by atoms with E-state index < -0.39 is 5.97 Å². The summed E-state index contributed by atoms with van der Waals surface area (Å²) in [5, 5.41) is 8.71. The van der Waals surface area contributed by atoms with Gasteiger partial charge in [-0.1, -0.05) is 42.5 Å². The molecule has 0 aliphatic heterocycles. The Hall–Kier alpha value is -3.34. The molecule has 0 aliphatic carbocycles. The number of aliphatic carboxylic acids is 1. The smallest absolute Gasteiger partial charge is 0.303 e. The number of benzene rings is 2. The molecule has 29 heavy (non-hydrogen) atoms. The van der Waals surface area contributed by atoms with Crippen molar-refractivity contribution in [1.29, 1.82) is 0 Å². The molecular weight excluding hydrogens is 366 g/mol. The highest BCUT2D eigenvalue weighted by Gasteiger charge is 2.09. The van der Waals surface area contributed by atoms with Gasteiger partial charge in [0.05, 0.1) is 19.4 Å². The number of nitrogens with zero attached hydrogens (tertiary/aromatic N) is 1. The van der Waals surface area contributed by atoms with Crippen molar-refractivity contribution >= 4 is 5.97 Å². The van der Waals surface area contributed by atoms with Gasteiger partial charge in [-0.25, -0.2) is 4.98 Å². The lowest BCUT2D eigenvalue weighted by atomic mass is 10.0. The maximum atomic E-state index is 10.6. The molecule has 0 unspecified atom stereocenters. The fourth-order valence-electron chi connectivity index (χ4n) is 3.04. The molecule has 0 amide bonds. The number of unbranched alkanes of at least 4 members (excludes halogenated alkanes) is 2. The van der Waals surface area contributed by atoms with Crippen LogP contribution >= 0.6 is 0 Å². The molecule has 150 valence electrons. The summed E-state index contributed by atoms with van der Waals surface area (Å²) in [6.45, 7) is 0.502. The van der Waals surface area contributed by atoms with Gasteiger partial charge >= 0.3 is 5.97 Å². The van der Waals surface area contributed by atoms with Crippen LogP contribution in [0, 0.1) is 0 Å². The first-order chi connectivity index (χ1) is 14.2. The van der Waals surface area contributed by atoms with Gasteiger partial charge in [0.2, 0.25) is 5.88 Å². The van der Waals surface area contributed by atoms with Gasteiger partial charge in [0.25, 0.3) is 0 Å². The monoisotopic (exact) mass is 391 g/mol. The number of ether oxygens (including phenoxy) is 2. The molecule has 1 aromatic heterocycles. The van der Waals surface area contributed by atoms with Gasteiger partial charge in [0.15, 0.2) is 0 Å². The molecule has 0 atom stereocenters. The second kappa shape index (κ2) is 10.3. The van der Waals surface area contributed by atoms with E-state index in [1.165, 1.54) is 0 Å². The minimum absolute atomic E-state index is 0.196. The molecule has 1 N–H and O–H groups in total. The van der Waals surface area contributed by atoms with Crippen molar-refractivity contribution in [2.75, 3.05) is 13.7 Å². The van der Waals surface area contributed by atoms with Gasteiger partial charge in [0, 0.05) is 18.1 Å². The van der Waals surface area contributed by atoms with Crippen molar-refractivity contribution in [3.05, 3.63) is 66.7 Å². The van der Waals surface area contributed by atoms with Crippen LogP contribution in [0.25, 0.3) is 22.4 Å². The second-order valence-electron chi connectivity index (χ2n) is 6.73. The molecule has 2 aromatic carbocycles. The molecule has 5 nitrogen and oxygen atoms in total. The summed E-state index contributed by atoms with van der Waals surface area (Å²) in [6, 6.07) is 21.8. The zero-order chi connectivity index (χ0) is 20.5. The number of methoxy groups -OCH3 is 1. The Bertz CT molecular complexity index is 941. The summed E-state index contributed by atoms with van der Waals surface area (Å²) in [7, 11) is 1.65. The number of pyridine rings is 1. The van der Waals surface area contributed by atoms with Crippen LogP contribution in [0.4, 0.5) is 0 Å². The third kappa shape index (κ3) is 6.07. The van der Waals surface area contributed by atoms with Crippen LogP contribution in [-0.2, 0) is 4.79 Å². The quantitative estimate of drug-likeness (QED) is 0.466. The lowest BCUT2D eigenvalue weighted by molar-refractivity contribution is -0.137. The van der Waals surface area contributed by atoms with Crippen molar-refractivity contribution < 1.29 is 19.4 Å². The summed E-state index contributed by atoms with van der Waals surface area (Å²) >= 11 is 0. The number of hydrogen-bond donors (Lipinski definition) is 1. The average molecular weight is 391 g/mol. The standard InChI is InChI=1S/C24H25NO4/c1-28-21-12-8-11-19(15-21)20-16-22(18-9-4-2-5-10-18)25-23(17-20)29-14-7-3-6-13-24(26)27/h2,4-5,8-12,15-17H,3,6-7,13-14H2,1H3,(H,26,27). The Morgan fingerprint density at radius 1 is 0.897 bits per heavy atom. The van der Waals surface area contributed by atoms with E-state index in [-0.39, 0.29) is 6.42 Å². The van der Waals surface area contributed by atoms with Crippen LogP contribution in [0.15, 0.2) is 66.7 Å². The van der Waals surface area contributed by atoms with Crippen molar-refractivity contribution in [2.24, 2.45) is 0 Å². The Balaban J connectivity index is 1.80. The molecule has 1 heterocycles. The highest BCUT2D eigenvalue weighted by Crippen LogP contribution is 2.30. The van der Waals surface area contributed by atoms with E-state index in [2.05, 4.69) is 4.98 Å². The first kappa shape index (κ1) is 20.4. The Labute approximate surface area is 171 Å². The van der Waals surface area contributed by atoms with Gasteiger partial charge in [-0.2, -0.15) is 0 Å². The normalized spacial score (nSPS) is 10.5. The van der Waals surface area contributed by atoms with Crippen LogP contribution in [0.1, 0.15) is 25.7 Å². The van der Waals surface area contributed by atoms with E-state index in [1.54, 1.807) is 7.11 Å². The molecule has 0 aliphatic rings. The molecule has 5 heteroatoms. The number of rotatable bonds is 10. The lowest BCUT2D eigenvalue weighted by Gasteiger charge is -2.11. The maximum Gasteiger partial charge on any atom is 0.303 e. The number of carboxylic acid groups (broad SMARTS) is 1. The first-order valence-electron chi connectivity index (χ1n) is 9.72. The Morgan fingerprint density at radius 3 is 2.45 bits per heavy atom. The number of carboxylic acids is 1. The number of hydrogen-bond acceptors (Lipinski definition) is 4. The summed E-state index contributed by atoms with van der Waals surface area (Å²) in [6.07, 6.45) is 2.46. The SMILES string of the molecule is COc1cccc(-c2cc(OCCCCCC(=O)O)nc(-c3ccccc3)c2)c1. The van der Waals surface area contributed by atoms with Gasteiger partial charge in [-0.3, -0.25) is 4.79 Å². The predicted molar refractivity (Wildman–Crippen MR) is 113 cm³/mol. The van der Waals surface area contributed by atoms with E-state index in [1.807, 2.05) is 66.7 Å². The van der Waals surface area contributed by atoms with Gasteiger partial charge < -0.3 is 14.6 Å². The fourth-order valence-corrected chi connectivity index (χ4v) is 3.04. The van der Waals surface area contributed by atoms with E-state index in [0.717, 1.165) is 41.0 Å². The minimum atomic E-state index is -0.758. The highest BCUT2D eigenvalue weighted by molar-refractivity contribution is 5.72. The third-order valence-electron chi connectivity index (χ3n) is 4.56. The van der Waals surface area contributed by atoms with Gasteiger partial charge in [-0.15, -0.1) is 0 Å². The maximum absolute atomic E-state index is 10.6. The summed E-state index contributed by atoms with van der Waals surface area (Å²) in [5.74, 6) is 0.593. The molecule has 3 rings (SSSR count). The van der Waals surface area contributed by atoms with E-state index in [0.29, 0.717) is 18.9 Å². The van der Waals surface area contributed by atoms with E-state index in [4.69, 9.17) is 14.6 Å². The van der Waals surface area contributed by atoms with Gasteiger partial charge in [0.1, 0.15) is 5.75 Å². The predicted octanol–water partition coefficient (Wildman–Crippen LogP) is 5.45. The number of aromatic nitrogens is 1. The second-order valence-corrected chi connectivity index (χ2v) is 6.73. The molecule has 3 aromatic rings. The van der Waals surface area contributed by atoms with Crippen LogP contribution < -0.4 is 9.47 Å². The van der Waals surface area contributed by atoms with Crippen LogP contribution in [0.2, 0.25) is 0 Å². The van der Waals surface area contributed by atoms with Crippen molar-refractivity contribution in [2.45, 2.75) is 25.7 Å². The lowest BCUT2D eigenvalue weighted by Crippen LogP contribution is -2.01. The average Bonchev–Trinajstić information content (AvgIpc) is 2.76. The van der Waals surface area contributed by atoms with Gasteiger partial charge in [-0.05, 0) is 48.6 Å². The highest BCUT2D eigenvalue weighted by atomic mass is 16.5. The Kier molecular flexibility index (Phi) is 7.22. The van der Waals surface area contributed by atoms with Crippen LogP contribution in [0.3, 0.4) is 0 Å². The van der Waals surface area contributed by atoms with E-state index >= 15 is 0 Å². The van der Waals surface area contributed by atoms with Crippen LogP contribution in [-0.4, -0.2) is 29.8 Å². The van der Waals surface area contributed by atoms with Crippen LogP contribution in [0.5, 0.6) is 11.6 Å². The number of carbonyl (C=O) groups is 1. The zero-order valence-electron chi connectivity index (χ0n) is 16.5. The summed E-state index contributed by atoms with van der Waals surface area (Å²) in [4.78, 5) is 15.3. The minimum Gasteiger partial charge on any atom is -0.497 e. The molecular formula is C24H25NO4. The molecule has 0 bridgehead atoms. The molecule has 0 fully saturated rings. The third-order valence-corrected chi connectivity index (χ3v) is 4.56. The molecule has 0 radical (unpaired) electrons. The topological polar surface area (TPSA) is 68.7 Å². The molecule has 0 saturated heterocycles. The van der Waals surface area contributed by atoms with E-state index in [9.17, 15) is 4.79 Å². The fraction of sp³-hybridized carbons (Fsp3) is 0.250.